The molecule has 4 nitrogen and oxygen atoms in total. The Labute approximate surface area is 92.6 Å². The van der Waals surface area contributed by atoms with Crippen LogP contribution < -0.4 is 0 Å². The highest BCUT2D eigenvalue weighted by atomic mass is 35.5. The predicted octanol–water partition coefficient (Wildman–Crippen LogP) is 1.93. The molecule has 0 aliphatic carbocycles. The second-order valence-corrected chi connectivity index (χ2v) is 4.91. The molecule has 0 aliphatic rings. The summed E-state index contributed by atoms with van der Waals surface area (Å²) in [5.41, 5.74) is 0.342. The summed E-state index contributed by atoms with van der Waals surface area (Å²) in [7, 11) is -4.19. The van der Waals surface area contributed by atoms with Gasteiger partial charge in [-0.3, -0.25) is 9.35 Å². The molecule has 15 heavy (non-hydrogen) atoms. The molecule has 1 N–H and O–H groups in total. The van der Waals surface area contributed by atoms with Crippen LogP contribution in [0.25, 0.3) is 0 Å². The van der Waals surface area contributed by atoms with Crippen LogP contribution >= 0.6 is 11.6 Å². The third kappa shape index (κ3) is 3.30. The number of carbonyl (C=O) groups excluding carboxylic acids is 1. The fourth-order valence-electron chi connectivity index (χ4n) is 1.22. The molecule has 0 fully saturated rings. The summed E-state index contributed by atoms with van der Waals surface area (Å²) in [6.07, 6.45) is 0. The number of hydrogen-bond acceptors (Lipinski definition) is 3. The predicted molar refractivity (Wildman–Crippen MR) is 56.7 cm³/mol. The molecule has 0 aromatic heterocycles. The first-order valence-corrected chi connectivity index (χ1v) is 6.03. The molecule has 1 rings (SSSR count). The summed E-state index contributed by atoms with van der Waals surface area (Å²) in [5, 5.41) is 0.153. The van der Waals surface area contributed by atoms with Crippen molar-refractivity contribution in [3.05, 3.63) is 34.3 Å². The lowest BCUT2D eigenvalue weighted by atomic mass is 10.1. The molecule has 1 aromatic rings. The van der Waals surface area contributed by atoms with E-state index < -0.39 is 15.9 Å². The molecule has 82 valence electrons. The van der Waals surface area contributed by atoms with Gasteiger partial charge in [0.15, 0.2) is 5.78 Å². The van der Waals surface area contributed by atoms with Crippen LogP contribution in [0.3, 0.4) is 0 Å². The van der Waals surface area contributed by atoms with Gasteiger partial charge in [0.1, 0.15) is 5.75 Å². The van der Waals surface area contributed by atoms with Crippen molar-refractivity contribution in [3.8, 4) is 0 Å². The number of ketones is 1. The molecule has 0 saturated carbocycles. The van der Waals surface area contributed by atoms with Crippen molar-refractivity contribution in [2.45, 2.75) is 12.7 Å². The van der Waals surface area contributed by atoms with Crippen molar-refractivity contribution in [2.75, 3.05) is 0 Å². The normalized spacial score (nSPS) is 11.4. The maximum Gasteiger partial charge on any atom is 0.269 e. The molecule has 0 radical (unpaired) electrons. The molecule has 0 spiro atoms. The number of rotatable bonds is 3. The number of carbonyl (C=O) groups is 1. The molecule has 0 heterocycles. The van der Waals surface area contributed by atoms with Crippen LogP contribution in [0.15, 0.2) is 18.2 Å². The molecule has 0 saturated heterocycles. The minimum atomic E-state index is -4.19. The minimum absolute atomic E-state index is 0.133. The Kier molecular flexibility index (Phi) is 3.49. The summed E-state index contributed by atoms with van der Waals surface area (Å²) in [4.78, 5) is 11.2. The second-order valence-electron chi connectivity index (χ2n) is 3.05. The van der Waals surface area contributed by atoms with E-state index in [4.69, 9.17) is 16.2 Å². The van der Waals surface area contributed by atoms with Gasteiger partial charge < -0.3 is 0 Å². The molecule has 0 amide bonds. The number of halogens is 1. The van der Waals surface area contributed by atoms with Gasteiger partial charge in [0.25, 0.3) is 10.1 Å². The first kappa shape index (κ1) is 12.2. The number of Topliss-reactive ketones (excluding diaryl/α,β-unsaturated/α-hetero) is 1. The van der Waals surface area contributed by atoms with Crippen LogP contribution in [0.2, 0.25) is 5.02 Å². The zero-order chi connectivity index (χ0) is 11.6. The van der Waals surface area contributed by atoms with Crippen LogP contribution in [0.1, 0.15) is 22.8 Å². The van der Waals surface area contributed by atoms with E-state index in [2.05, 4.69) is 0 Å². The quantitative estimate of drug-likeness (QED) is 0.655. The zero-order valence-electron chi connectivity index (χ0n) is 7.90. The fourth-order valence-corrected chi connectivity index (χ4v) is 2.21. The largest absolute Gasteiger partial charge is 0.294 e. The van der Waals surface area contributed by atoms with Crippen LogP contribution in [0.5, 0.6) is 0 Å². The van der Waals surface area contributed by atoms with E-state index in [1.165, 1.54) is 19.1 Å². The van der Waals surface area contributed by atoms with Crippen molar-refractivity contribution < 1.29 is 17.8 Å². The Morgan fingerprint density at radius 3 is 2.53 bits per heavy atom. The summed E-state index contributed by atoms with van der Waals surface area (Å²) in [6.45, 7) is 1.30. The monoisotopic (exact) mass is 248 g/mol. The maximum atomic E-state index is 11.2. The lowest BCUT2D eigenvalue weighted by Crippen LogP contribution is -2.07. The van der Waals surface area contributed by atoms with Gasteiger partial charge in [-0.05, 0) is 18.6 Å². The first-order valence-electron chi connectivity index (χ1n) is 4.05. The Balaban J connectivity index is 3.32. The molecule has 0 aliphatic heterocycles. The van der Waals surface area contributed by atoms with E-state index in [1.807, 2.05) is 0 Å². The van der Waals surface area contributed by atoms with Crippen molar-refractivity contribution in [2.24, 2.45) is 0 Å². The highest BCUT2D eigenvalue weighted by Gasteiger charge is 2.16. The standard InChI is InChI=1S/C9H9ClO4S/c1-6(11)7-3-2-4-9(10)8(7)5-15(12,13)14/h2-4H,5H2,1H3,(H,12,13,14). The Morgan fingerprint density at radius 1 is 1.47 bits per heavy atom. The van der Waals surface area contributed by atoms with Crippen LogP contribution in [-0.2, 0) is 15.9 Å². The Morgan fingerprint density at radius 2 is 2.07 bits per heavy atom. The lowest BCUT2D eigenvalue weighted by Gasteiger charge is -2.06. The molecular weight excluding hydrogens is 240 g/mol. The fraction of sp³-hybridized carbons (Fsp3) is 0.222. The minimum Gasteiger partial charge on any atom is -0.294 e. The van der Waals surface area contributed by atoms with Gasteiger partial charge in [0.05, 0.1) is 0 Å². The second kappa shape index (κ2) is 4.30. The van der Waals surface area contributed by atoms with E-state index >= 15 is 0 Å². The van der Waals surface area contributed by atoms with E-state index in [-0.39, 0.29) is 21.9 Å². The highest BCUT2D eigenvalue weighted by molar-refractivity contribution is 7.85. The Bertz CT molecular complexity index is 493. The summed E-state index contributed by atoms with van der Waals surface area (Å²) >= 11 is 5.75. The summed E-state index contributed by atoms with van der Waals surface area (Å²) in [5.74, 6) is -0.946. The van der Waals surface area contributed by atoms with Gasteiger partial charge in [0, 0.05) is 10.6 Å². The highest BCUT2D eigenvalue weighted by Crippen LogP contribution is 2.22. The summed E-state index contributed by atoms with van der Waals surface area (Å²) in [6, 6.07) is 4.48. The van der Waals surface area contributed by atoms with Crippen LogP contribution in [-0.4, -0.2) is 18.8 Å². The average Bonchev–Trinajstić information content (AvgIpc) is 2.05. The maximum absolute atomic E-state index is 11.2. The lowest BCUT2D eigenvalue weighted by molar-refractivity contribution is 0.101. The van der Waals surface area contributed by atoms with E-state index in [0.717, 1.165) is 0 Å². The van der Waals surface area contributed by atoms with Crippen LogP contribution in [0, 0.1) is 0 Å². The first-order chi connectivity index (χ1) is 6.81. The smallest absolute Gasteiger partial charge is 0.269 e. The van der Waals surface area contributed by atoms with E-state index in [9.17, 15) is 13.2 Å². The van der Waals surface area contributed by atoms with Crippen LogP contribution in [0.4, 0.5) is 0 Å². The molecular formula is C9H9ClO4S. The topological polar surface area (TPSA) is 71.4 Å². The number of hydrogen-bond donors (Lipinski definition) is 1. The van der Waals surface area contributed by atoms with Gasteiger partial charge in [-0.2, -0.15) is 8.42 Å². The molecule has 0 bridgehead atoms. The van der Waals surface area contributed by atoms with Gasteiger partial charge >= 0.3 is 0 Å². The summed E-state index contributed by atoms with van der Waals surface area (Å²) < 4.78 is 30.1. The van der Waals surface area contributed by atoms with Crippen molar-refractivity contribution in [3.63, 3.8) is 0 Å². The van der Waals surface area contributed by atoms with Gasteiger partial charge in [-0.15, -0.1) is 0 Å². The molecule has 1 aromatic carbocycles. The van der Waals surface area contributed by atoms with Gasteiger partial charge in [0.2, 0.25) is 0 Å². The Hall–Kier alpha value is -0.910. The van der Waals surface area contributed by atoms with Gasteiger partial charge in [-0.25, -0.2) is 0 Å². The van der Waals surface area contributed by atoms with Crippen molar-refractivity contribution in [1.82, 2.24) is 0 Å². The average molecular weight is 249 g/mol. The SMILES string of the molecule is CC(=O)c1cccc(Cl)c1CS(=O)(=O)O. The number of benzene rings is 1. The van der Waals surface area contributed by atoms with E-state index in [1.54, 1.807) is 6.07 Å². The van der Waals surface area contributed by atoms with E-state index in [0.29, 0.717) is 0 Å². The molecule has 6 heteroatoms. The third-order valence-corrected chi connectivity index (χ3v) is 2.83. The van der Waals surface area contributed by atoms with Crippen molar-refractivity contribution >= 4 is 27.5 Å². The zero-order valence-corrected chi connectivity index (χ0v) is 9.47. The molecule has 0 atom stereocenters. The molecule has 0 unspecified atom stereocenters. The third-order valence-electron chi connectivity index (χ3n) is 1.82. The van der Waals surface area contributed by atoms with Crippen molar-refractivity contribution in [1.29, 1.82) is 0 Å². The van der Waals surface area contributed by atoms with Gasteiger partial charge in [-0.1, -0.05) is 23.7 Å².